The summed E-state index contributed by atoms with van der Waals surface area (Å²) in [4.78, 5) is 25.0. The second-order valence-corrected chi connectivity index (χ2v) is 9.22. The maximum absolute atomic E-state index is 12.8. The average Bonchev–Trinajstić information content (AvgIpc) is 2.85. The van der Waals surface area contributed by atoms with E-state index in [0.717, 1.165) is 0 Å². The van der Waals surface area contributed by atoms with Crippen LogP contribution in [0.4, 0.5) is 5.69 Å². The van der Waals surface area contributed by atoms with Crippen molar-refractivity contribution in [1.29, 1.82) is 0 Å². The number of amides is 1. The van der Waals surface area contributed by atoms with Crippen LogP contribution in [-0.4, -0.2) is 50.9 Å². The van der Waals surface area contributed by atoms with Crippen molar-refractivity contribution in [2.24, 2.45) is 0 Å². The number of sulfonamides is 1. The average molecular weight is 467 g/mol. The van der Waals surface area contributed by atoms with Crippen LogP contribution in [0.3, 0.4) is 0 Å². The van der Waals surface area contributed by atoms with Crippen molar-refractivity contribution in [3.63, 3.8) is 0 Å². The van der Waals surface area contributed by atoms with Gasteiger partial charge in [-0.1, -0.05) is 24.3 Å². The van der Waals surface area contributed by atoms with E-state index in [9.17, 15) is 18.0 Å². The van der Waals surface area contributed by atoms with E-state index in [4.69, 9.17) is 9.47 Å². The van der Waals surface area contributed by atoms with Crippen molar-refractivity contribution in [2.75, 3.05) is 31.6 Å². The highest BCUT2D eigenvalue weighted by atomic mass is 32.2. The van der Waals surface area contributed by atoms with E-state index in [1.807, 2.05) is 6.07 Å². The number of carbonyl (C=O) groups is 2. The SMILES string of the molecule is O=C(Nc1ccc(C(=O)Oc2ccccc2)cc1)c1cccc(S(=O)(=O)N2CCOCC2)c1. The molecule has 0 atom stereocenters. The summed E-state index contributed by atoms with van der Waals surface area (Å²) in [5.41, 5.74) is 0.991. The van der Waals surface area contributed by atoms with E-state index in [0.29, 0.717) is 30.2 Å². The Hall–Kier alpha value is -3.53. The van der Waals surface area contributed by atoms with Crippen molar-refractivity contribution in [2.45, 2.75) is 4.90 Å². The number of morpholine rings is 1. The topological polar surface area (TPSA) is 102 Å². The van der Waals surface area contributed by atoms with E-state index < -0.39 is 21.9 Å². The van der Waals surface area contributed by atoms with Crippen molar-refractivity contribution in [1.82, 2.24) is 4.31 Å². The van der Waals surface area contributed by atoms with E-state index in [2.05, 4.69) is 5.32 Å². The Morgan fingerprint density at radius 3 is 2.24 bits per heavy atom. The molecule has 1 aliphatic heterocycles. The number of ether oxygens (including phenoxy) is 2. The molecule has 0 spiro atoms. The van der Waals surface area contributed by atoms with Crippen LogP contribution >= 0.6 is 0 Å². The molecule has 4 rings (SSSR count). The predicted octanol–water partition coefficient (Wildman–Crippen LogP) is 3.18. The Labute approximate surface area is 191 Å². The molecule has 0 aromatic heterocycles. The van der Waals surface area contributed by atoms with Crippen LogP contribution in [0.5, 0.6) is 5.75 Å². The monoisotopic (exact) mass is 466 g/mol. The van der Waals surface area contributed by atoms with Gasteiger partial charge >= 0.3 is 5.97 Å². The van der Waals surface area contributed by atoms with Gasteiger partial charge in [-0.05, 0) is 54.6 Å². The Morgan fingerprint density at radius 1 is 0.848 bits per heavy atom. The van der Waals surface area contributed by atoms with E-state index in [-0.39, 0.29) is 23.5 Å². The van der Waals surface area contributed by atoms with Gasteiger partial charge in [0.1, 0.15) is 5.75 Å². The standard InChI is InChI=1S/C24H22N2O6S/c27-23(19-5-4-8-22(17-19)33(29,30)26-13-15-31-16-14-26)25-20-11-9-18(10-12-20)24(28)32-21-6-2-1-3-7-21/h1-12,17H,13-16H2,(H,25,27). The van der Waals surface area contributed by atoms with Crippen molar-refractivity contribution < 1.29 is 27.5 Å². The quantitative estimate of drug-likeness (QED) is 0.442. The molecule has 0 aliphatic carbocycles. The third-order valence-corrected chi connectivity index (χ3v) is 6.93. The molecule has 3 aromatic carbocycles. The largest absolute Gasteiger partial charge is 0.423 e. The van der Waals surface area contributed by atoms with Gasteiger partial charge in [0.25, 0.3) is 5.91 Å². The number of anilines is 1. The van der Waals surface area contributed by atoms with Crippen molar-refractivity contribution >= 4 is 27.6 Å². The van der Waals surface area contributed by atoms with Gasteiger partial charge in [0.05, 0.1) is 23.7 Å². The summed E-state index contributed by atoms with van der Waals surface area (Å²) >= 11 is 0. The molecule has 3 aromatic rings. The second-order valence-electron chi connectivity index (χ2n) is 7.28. The van der Waals surface area contributed by atoms with Gasteiger partial charge in [-0.25, -0.2) is 13.2 Å². The number of hydrogen-bond acceptors (Lipinski definition) is 6. The molecule has 1 fully saturated rings. The molecule has 0 saturated carbocycles. The molecule has 1 amide bonds. The lowest BCUT2D eigenvalue weighted by atomic mass is 10.2. The summed E-state index contributed by atoms with van der Waals surface area (Å²) in [5.74, 6) is -0.541. The fraction of sp³-hybridized carbons (Fsp3) is 0.167. The molecule has 1 saturated heterocycles. The Bertz CT molecular complexity index is 1240. The van der Waals surface area contributed by atoms with Crippen LogP contribution in [0.25, 0.3) is 0 Å². The Morgan fingerprint density at radius 2 is 1.55 bits per heavy atom. The van der Waals surface area contributed by atoms with Crippen LogP contribution in [0.1, 0.15) is 20.7 Å². The molecule has 9 heteroatoms. The highest BCUT2D eigenvalue weighted by Crippen LogP contribution is 2.20. The third-order valence-electron chi connectivity index (χ3n) is 5.04. The van der Waals surface area contributed by atoms with E-state index >= 15 is 0 Å². The summed E-state index contributed by atoms with van der Waals surface area (Å²) < 4.78 is 37.5. The number of nitrogens with zero attached hydrogens (tertiary/aromatic N) is 1. The predicted molar refractivity (Wildman–Crippen MR) is 122 cm³/mol. The number of nitrogens with one attached hydrogen (secondary N) is 1. The molecule has 33 heavy (non-hydrogen) atoms. The Kier molecular flexibility index (Phi) is 6.83. The van der Waals surface area contributed by atoms with Crippen LogP contribution < -0.4 is 10.1 Å². The van der Waals surface area contributed by atoms with Gasteiger partial charge < -0.3 is 14.8 Å². The molecular formula is C24H22N2O6S. The zero-order valence-corrected chi connectivity index (χ0v) is 18.5. The third kappa shape index (κ3) is 5.46. The number of rotatable bonds is 6. The lowest BCUT2D eigenvalue weighted by molar-refractivity contribution is 0.0730. The van der Waals surface area contributed by atoms with Crippen molar-refractivity contribution in [3.05, 3.63) is 90.0 Å². The number of carbonyl (C=O) groups excluding carboxylic acids is 2. The normalized spacial score (nSPS) is 14.4. The summed E-state index contributed by atoms with van der Waals surface area (Å²) in [5, 5.41) is 2.71. The van der Waals surface area contributed by atoms with Crippen LogP contribution in [0, 0.1) is 0 Å². The first-order valence-corrected chi connectivity index (χ1v) is 11.7. The zero-order chi connectivity index (χ0) is 23.3. The molecule has 1 heterocycles. The number of benzene rings is 3. The maximum Gasteiger partial charge on any atom is 0.343 e. The zero-order valence-electron chi connectivity index (χ0n) is 17.6. The van der Waals surface area contributed by atoms with Crippen LogP contribution in [0.2, 0.25) is 0 Å². The lowest BCUT2D eigenvalue weighted by Gasteiger charge is -2.26. The minimum Gasteiger partial charge on any atom is -0.423 e. The van der Waals surface area contributed by atoms with Crippen molar-refractivity contribution in [3.8, 4) is 5.75 Å². The van der Waals surface area contributed by atoms with Gasteiger partial charge in [0, 0.05) is 24.3 Å². The number of hydrogen-bond donors (Lipinski definition) is 1. The van der Waals surface area contributed by atoms with Gasteiger partial charge in [-0.3, -0.25) is 4.79 Å². The first-order valence-electron chi connectivity index (χ1n) is 10.3. The summed E-state index contributed by atoms with van der Waals surface area (Å²) in [6.45, 7) is 1.23. The van der Waals surface area contributed by atoms with Gasteiger partial charge in [0.15, 0.2) is 0 Å². The van der Waals surface area contributed by atoms with Gasteiger partial charge in [-0.2, -0.15) is 4.31 Å². The summed E-state index contributed by atoms with van der Waals surface area (Å²) in [7, 11) is -3.71. The minimum absolute atomic E-state index is 0.0519. The number of esters is 1. The molecule has 0 radical (unpaired) electrons. The molecule has 1 aliphatic rings. The Balaban J connectivity index is 1.43. The highest BCUT2D eigenvalue weighted by molar-refractivity contribution is 7.89. The highest BCUT2D eigenvalue weighted by Gasteiger charge is 2.26. The van der Waals surface area contributed by atoms with Gasteiger partial charge in [-0.15, -0.1) is 0 Å². The molecule has 170 valence electrons. The number of para-hydroxylation sites is 1. The molecule has 0 unspecified atom stereocenters. The van der Waals surface area contributed by atoms with E-state index in [1.165, 1.54) is 22.5 Å². The lowest BCUT2D eigenvalue weighted by Crippen LogP contribution is -2.40. The molecule has 0 bridgehead atoms. The first-order chi connectivity index (χ1) is 15.9. The molecular weight excluding hydrogens is 444 g/mol. The van der Waals surface area contributed by atoms with Crippen LogP contribution in [0.15, 0.2) is 83.8 Å². The molecule has 1 N–H and O–H groups in total. The maximum atomic E-state index is 12.8. The fourth-order valence-corrected chi connectivity index (χ4v) is 4.74. The van der Waals surface area contributed by atoms with E-state index in [1.54, 1.807) is 54.6 Å². The smallest absolute Gasteiger partial charge is 0.343 e. The van der Waals surface area contributed by atoms with Crippen LogP contribution in [-0.2, 0) is 14.8 Å². The molecule has 8 nitrogen and oxygen atoms in total. The minimum atomic E-state index is -3.71. The summed E-state index contributed by atoms with van der Waals surface area (Å²) in [6.07, 6.45) is 0. The fourth-order valence-electron chi connectivity index (χ4n) is 3.28. The first kappa shape index (κ1) is 22.7. The second kappa shape index (κ2) is 9.95. The summed E-state index contributed by atoms with van der Waals surface area (Å²) in [6, 6.07) is 20.8. The van der Waals surface area contributed by atoms with Gasteiger partial charge in [0.2, 0.25) is 10.0 Å².